The van der Waals surface area contributed by atoms with Gasteiger partial charge in [0.2, 0.25) is 0 Å². The number of benzene rings is 1. The zero-order valence-corrected chi connectivity index (χ0v) is 16.1. The molecule has 1 atom stereocenters. The second-order valence-electron chi connectivity index (χ2n) is 7.15. The van der Waals surface area contributed by atoms with Gasteiger partial charge in [0.25, 0.3) is 5.91 Å². The third-order valence-corrected chi connectivity index (χ3v) is 4.94. The third-order valence-electron chi connectivity index (χ3n) is 4.94. The first kappa shape index (κ1) is 20.3. The van der Waals surface area contributed by atoms with E-state index in [0.717, 1.165) is 10.9 Å². The van der Waals surface area contributed by atoms with E-state index in [1.807, 2.05) is 6.07 Å². The molecule has 0 spiro atoms. The molecule has 10 heteroatoms. The number of hydrogen-bond acceptors (Lipinski definition) is 6. The smallest absolute Gasteiger partial charge is 0.415 e. The maximum atomic E-state index is 13.0. The second kappa shape index (κ2) is 7.69. The van der Waals surface area contributed by atoms with E-state index < -0.39 is 18.2 Å². The number of nitrogens with two attached hydrogens (primary N) is 1. The maximum absolute atomic E-state index is 13.0. The van der Waals surface area contributed by atoms with Gasteiger partial charge in [-0.3, -0.25) is 9.69 Å². The Hall–Kier alpha value is -2.98. The van der Waals surface area contributed by atoms with Crippen LogP contribution in [0.5, 0.6) is 0 Å². The van der Waals surface area contributed by atoms with E-state index in [2.05, 4.69) is 9.97 Å². The number of nitrogens with zero attached hydrogens (tertiary/aromatic N) is 3. The topological polar surface area (TPSA) is 94.5 Å². The number of morpholine rings is 1. The summed E-state index contributed by atoms with van der Waals surface area (Å²) in [6, 6.07) is 6.91. The lowest BCUT2D eigenvalue weighted by molar-refractivity contribution is -0.237. The molecule has 1 aromatic carbocycles. The Morgan fingerprint density at radius 3 is 2.80 bits per heavy atom. The minimum Gasteiger partial charge on any atom is -0.441 e. The molecule has 0 aliphatic carbocycles. The fraction of sp³-hybridized carbons (Fsp3) is 0.350. The lowest BCUT2D eigenvalue weighted by atomic mass is 10.0. The molecule has 1 amide bonds. The van der Waals surface area contributed by atoms with Crippen LogP contribution >= 0.6 is 0 Å². The number of fused-ring (bicyclic) bond motifs is 1. The number of alkyl halides is 3. The number of amides is 1. The summed E-state index contributed by atoms with van der Waals surface area (Å²) in [5.74, 6) is 0.246. The number of oxazole rings is 1. The van der Waals surface area contributed by atoms with Crippen LogP contribution in [0.25, 0.3) is 22.2 Å². The summed E-state index contributed by atoms with van der Waals surface area (Å²) in [7, 11) is 0. The van der Waals surface area contributed by atoms with Crippen molar-refractivity contribution in [3.63, 3.8) is 0 Å². The molecule has 158 valence electrons. The van der Waals surface area contributed by atoms with E-state index in [1.54, 1.807) is 36.2 Å². The quantitative estimate of drug-likeness (QED) is 0.697. The van der Waals surface area contributed by atoms with Crippen molar-refractivity contribution in [2.75, 3.05) is 19.7 Å². The predicted octanol–water partition coefficient (Wildman–Crippen LogP) is 3.06. The number of hydrogen-bond donors (Lipinski definition) is 1. The molecule has 0 saturated carbocycles. The summed E-state index contributed by atoms with van der Waals surface area (Å²) in [5, 5.41) is 0.718. The van der Waals surface area contributed by atoms with E-state index in [4.69, 9.17) is 14.9 Å². The van der Waals surface area contributed by atoms with Crippen LogP contribution in [0, 0.1) is 6.92 Å². The van der Waals surface area contributed by atoms with Gasteiger partial charge in [0.1, 0.15) is 5.69 Å². The van der Waals surface area contributed by atoms with Crippen LogP contribution < -0.4 is 5.73 Å². The molecule has 1 unspecified atom stereocenters. The highest BCUT2D eigenvalue weighted by atomic mass is 19.4. The first-order valence-electron chi connectivity index (χ1n) is 9.27. The SMILES string of the molecule is Cc1ncc(-c2cc(C(N)=O)nc3cc(CN4CCOC(C(F)(F)F)C4)ccc23)o1. The summed E-state index contributed by atoms with van der Waals surface area (Å²) >= 11 is 0. The number of rotatable bonds is 4. The minimum absolute atomic E-state index is 0.0107. The van der Waals surface area contributed by atoms with Gasteiger partial charge in [0.05, 0.1) is 18.3 Å². The Morgan fingerprint density at radius 2 is 2.13 bits per heavy atom. The van der Waals surface area contributed by atoms with Crippen LogP contribution in [0.1, 0.15) is 21.9 Å². The maximum Gasteiger partial charge on any atom is 0.415 e. The lowest BCUT2D eigenvalue weighted by Gasteiger charge is -2.33. The molecule has 1 aliphatic rings. The van der Waals surface area contributed by atoms with E-state index in [-0.39, 0.29) is 18.8 Å². The Bertz CT molecular complexity index is 1100. The summed E-state index contributed by atoms with van der Waals surface area (Å²) in [4.78, 5) is 21.8. The van der Waals surface area contributed by atoms with Gasteiger partial charge in [0, 0.05) is 37.5 Å². The number of aromatic nitrogens is 2. The number of carbonyl (C=O) groups excluding carboxylic acids is 1. The largest absolute Gasteiger partial charge is 0.441 e. The van der Waals surface area contributed by atoms with Gasteiger partial charge in [-0.25, -0.2) is 9.97 Å². The molecule has 1 fully saturated rings. The number of carbonyl (C=O) groups is 1. The molecule has 30 heavy (non-hydrogen) atoms. The first-order chi connectivity index (χ1) is 14.2. The number of ether oxygens (including phenoxy) is 1. The average Bonchev–Trinajstić information content (AvgIpc) is 3.12. The molecule has 2 aromatic heterocycles. The normalized spacial score (nSPS) is 18.1. The van der Waals surface area contributed by atoms with Crippen LogP contribution in [0.15, 0.2) is 34.9 Å². The third kappa shape index (κ3) is 4.14. The number of primary amides is 1. The Balaban J connectivity index is 1.67. The molecule has 4 rings (SSSR count). The monoisotopic (exact) mass is 420 g/mol. The van der Waals surface area contributed by atoms with Crippen LogP contribution in [-0.2, 0) is 11.3 Å². The van der Waals surface area contributed by atoms with Gasteiger partial charge in [-0.1, -0.05) is 12.1 Å². The van der Waals surface area contributed by atoms with Gasteiger partial charge in [0.15, 0.2) is 17.8 Å². The molecule has 1 aliphatic heterocycles. The molecule has 3 aromatic rings. The van der Waals surface area contributed by atoms with Crippen molar-refractivity contribution in [2.24, 2.45) is 5.73 Å². The van der Waals surface area contributed by atoms with Crippen molar-refractivity contribution in [3.8, 4) is 11.3 Å². The van der Waals surface area contributed by atoms with Crippen molar-refractivity contribution in [1.29, 1.82) is 0 Å². The van der Waals surface area contributed by atoms with Crippen LogP contribution in [0.4, 0.5) is 13.2 Å². The number of halogens is 3. The molecule has 1 saturated heterocycles. The molecule has 7 nitrogen and oxygen atoms in total. The molecule has 0 bridgehead atoms. The highest BCUT2D eigenvalue weighted by molar-refractivity contribution is 6.00. The van der Waals surface area contributed by atoms with Gasteiger partial charge >= 0.3 is 6.18 Å². The van der Waals surface area contributed by atoms with Crippen molar-refractivity contribution in [3.05, 3.63) is 47.6 Å². The van der Waals surface area contributed by atoms with Crippen molar-refractivity contribution >= 4 is 16.8 Å². The zero-order chi connectivity index (χ0) is 21.5. The first-order valence-corrected chi connectivity index (χ1v) is 9.27. The highest BCUT2D eigenvalue weighted by Gasteiger charge is 2.43. The van der Waals surface area contributed by atoms with Crippen molar-refractivity contribution in [1.82, 2.24) is 14.9 Å². The van der Waals surface area contributed by atoms with E-state index in [0.29, 0.717) is 35.8 Å². The fourth-order valence-corrected chi connectivity index (χ4v) is 3.49. The van der Waals surface area contributed by atoms with Crippen LogP contribution in [-0.4, -0.2) is 52.8 Å². The molecular weight excluding hydrogens is 401 g/mol. The summed E-state index contributed by atoms with van der Waals surface area (Å²) in [6.07, 6.45) is -4.65. The van der Waals surface area contributed by atoms with E-state index in [9.17, 15) is 18.0 Å². The van der Waals surface area contributed by atoms with Gasteiger partial charge in [-0.15, -0.1) is 0 Å². The zero-order valence-electron chi connectivity index (χ0n) is 16.1. The molecule has 0 radical (unpaired) electrons. The van der Waals surface area contributed by atoms with Crippen LogP contribution in [0.3, 0.4) is 0 Å². The number of aryl methyl sites for hydroxylation is 1. The second-order valence-corrected chi connectivity index (χ2v) is 7.15. The lowest BCUT2D eigenvalue weighted by Crippen LogP contribution is -2.48. The summed E-state index contributed by atoms with van der Waals surface area (Å²) < 4.78 is 49.3. The van der Waals surface area contributed by atoms with Gasteiger partial charge in [-0.05, 0) is 17.7 Å². The van der Waals surface area contributed by atoms with E-state index >= 15 is 0 Å². The predicted molar refractivity (Wildman–Crippen MR) is 102 cm³/mol. The summed E-state index contributed by atoms with van der Waals surface area (Å²) in [5.41, 5.74) is 7.36. The molecular formula is C20H19F3N4O3. The summed E-state index contributed by atoms with van der Waals surface area (Å²) in [6.45, 7) is 2.17. The van der Waals surface area contributed by atoms with Crippen molar-refractivity contribution < 1.29 is 27.1 Å². The Morgan fingerprint density at radius 1 is 1.33 bits per heavy atom. The minimum atomic E-state index is -4.40. The molecule has 2 N–H and O–H groups in total. The van der Waals surface area contributed by atoms with E-state index in [1.165, 1.54) is 0 Å². The van der Waals surface area contributed by atoms with Crippen molar-refractivity contribution in [2.45, 2.75) is 25.7 Å². The van der Waals surface area contributed by atoms with Gasteiger partial charge < -0.3 is 14.9 Å². The highest BCUT2D eigenvalue weighted by Crippen LogP contribution is 2.31. The fourth-order valence-electron chi connectivity index (χ4n) is 3.49. The Labute approximate surface area is 169 Å². The molecule has 3 heterocycles. The average molecular weight is 420 g/mol. The van der Waals surface area contributed by atoms with Gasteiger partial charge in [-0.2, -0.15) is 13.2 Å². The Kier molecular flexibility index (Phi) is 5.20. The number of pyridine rings is 1. The standard InChI is InChI=1S/C20H19F3N4O3/c1-11-25-8-17(30-11)14-7-16(19(24)28)26-15-6-12(2-3-13(14)15)9-27-4-5-29-18(10-27)20(21,22)23/h2-3,6-8,18H,4-5,9-10H2,1H3,(H2,24,28). The van der Waals surface area contributed by atoms with Crippen LogP contribution in [0.2, 0.25) is 0 Å².